The summed E-state index contributed by atoms with van der Waals surface area (Å²) in [7, 11) is 0. The average Bonchev–Trinajstić information content (AvgIpc) is 2.47. The van der Waals surface area contributed by atoms with Crippen molar-refractivity contribution in [3.05, 3.63) is 54.4 Å². The topological polar surface area (TPSA) is 79.3 Å². The van der Waals surface area contributed by atoms with E-state index in [1.807, 2.05) is 29.8 Å². The molecule has 0 aliphatic rings. The number of hydrogen-bond donors (Lipinski definition) is 2. The summed E-state index contributed by atoms with van der Waals surface area (Å²) in [4.78, 5) is 22.7. The summed E-state index contributed by atoms with van der Waals surface area (Å²) in [5.41, 5.74) is 3.75. The van der Waals surface area contributed by atoms with Crippen LogP contribution in [0, 0.1) is 6.92 Å². The molecule has 6 heteroatoms. The molecule has 1 aromatic heterocycles. The van der Waals surface area contributed by atoms with Crippen molar-refractivity contribution in [2.24, 2.45) is 0 Å². The Kier molecular flexibility index (Phi) is 7.64. The summed E-state index contributed by atoms with van der Waals surface area (Å²) in [6.45, 7) is 1.74. The van der Waals surface area contributed by atoms with Crippen LogP contribution in [-0.4, -0.2) is 29.0 Å². The van der Waals surface area contributed by atoms with Crippen LogP contribution in [-0.2, 0) is 9.59 Å². The van der Waals surface area contributed by atoms with E-state index in [2.05, 4.69) is 36.2 Å². The predicted octanol–water partition coefficient (Wildman–Crippen LogP) is 1.78. The van der Waals surface area contributed by atoms with Crippen LogP contribution in [0.4, 0.5) is 0 Å². The molecule has 0 saturated heterocycles. The van der Waals surface area contributed by atoms with Gasteiger partial charge in [0.2, 0.25) is 0 Å². The van der Waals surface area contributed by atoms with Crippen LogP contribution in [0.25, 0.3) is 11.1 Å². The van der Waals surface area contributed by atoms with Crippen LogP contribution in [0.3, 0.4) is 0 Å². The number of aryl methyl sites for hydroxylation is 1. The van der Waals surface area contributed by atoms with Crippen molar-refractivity contribution in [1.29, 1.82) is 0 Å². The molecule has 116 valence electrons. The molecule has 2 aromatic rings. The van der Waals surface area contributed by atoms with Crippen LogP contribution < -0.4 is 5.32 Å². The minimum absolute atomic E-state index is 0. The van der Waals surface area contributed by atoms with E-state index in [0.29, 0.717) is 0 Å². The van der Waals surface area contributed by atoms with E-state index in [-0.39, 0.29) is 6.54 Å². The molecular weight excluding hydrogens is 513 g/mol. The van der Waals surface area contributed by atoms with Gasteiger partial charge >= 0.3 is 5.97 Å². The standard InChI is InChI=1S/C12H11N.C3H4NO3.Fm/c1-10-2-4-11(5-3-10)12-6-8-13-9-7-12;5-2-4-1-3(6)7;/h2-9H,1H3;1H2,(H,4,5)(H,6,7);/q;-1;. The molecule has 0 atom stereocenters. The van der Waals surface area contributed by atoms with Gasteiger partial charge in [-0.2, -0.15) is 6.41 Å². The minimum Gasteiger partial charge on any atom is -0.521 e. The van der Waals surface area contributed by atoms with Gasteiger partial charge in [0.05, 0.1) is 6.54 Å². The van der Waals surface area contributed by atoms with E-state index in [1.54, 1.807) is 0 Å². The van der Waals surface area contributed by atoms with Crippen molar-refractivity contribution >= 4 is 12.4 Å². The molecule has 0 aliphatic carbocycles. The van der Waals surface area contributed by atoms with E-state index in [0.717, 1.165) is 0 Å². The third-order valence-corrected chi connectivity index (χ3v) is 2.38. The molecule has 5 nitrogen and oxygen atoms in total. The number of carboxylic acid groups (broad SMARTS) is 1. The molecule has 2 rings (SSSR count). The van der Waals surface area contributed by atoms with Gasteiger partial charge in [-0.25, -0.2) is 0 Å². The third-order valence-electron chi connectivity index (χ3n) is 2.38. The normalized spacial score (nSPS) is 8.62. The molecule has 0 bridgehead atoms. The van der Waals surface area contributed by atoms with Crippen LogP contribution in [0.2, 0.25) is 0 Å². The number of nitrogens with zero attached hydrogens (tertiary/aromatic N) is 1. The Morgan fingerprint density at radius 2 is 1.67 bits per heavy atom. The number of aromatic nitrogens is 1. The fourth-order valence-electron chi connectivity index (χ4n) is 1.40. The zero-order chi connectivity index (χ0) is 14.8. The average molecular weight is 528 g/mol. The van der Waals surface area contributed by atoms with Gasteiger partial charge in [-0.3, -0.25) is 9.78 Å². The molecule has 1 amide bonds. The molecule has 0 radical (unpaired) electrons. The van der Waals surface area contributed by atoms with Gasteiger partial charge in [0.1, 0.15) is 0 Å². The largest absolute Gasteiger partial charge is 0.521 e. The van der Waals surface area contributed by atoms with Crippen molar-refractivity contribution in [3.8, 4) is 11.1 Å². The number of nitrogens with one attached hydrogen (secondary N) is 1. The Labute approximate surface area is 117 Å². The number of aliphatic carboxylic acids is 1. The third kappa shape index (κ3) is 6.71. The first-order valence-electron chi connectivity index (χ1n) is 5.92. The maximum absolute atomic E-state index is 9.52. The molecule has 0 saturated carbocycles. The van der Waals surface area contributed by atoms with E-state index in [9.17, 15) is 9.59 Å². The second-order valence-corrected chi connectivity index (χ2v) is 3.95. The number of benzene rings is 1. The maximum atomic E-state index is 9.52. The SMILES string of the molecule is Cc1ccc(-c2ccncc2)cc1.O=[C-]NCC(=O)O.[Fm]. The van der Waals surface area contributed by atoms with Crippen LogP contribution in [0.1, 0.15) is 5.56 Å². The number of rotatable bonds is 4. The quantitative estimate of drug-likeness (QED) is 0.469. The smallest absolute Gasteiger partial charge is 0.320 e. The zero-order valence-electron chi connectivity index (χ0n) is 11.3. The van der Waals surface area contributed by atoms with Crippen LogP contribution in [0.5, 0.6) is 0 Å². The molecule has 0 spiro atoms. The van der Waals surface area contributed by atoms with Crippen molar-refractivity contribution in [2.75, 3.05) is 6.54 Å². The van der Waals surface area contributed by atoms with Gasteiger partial charge in [0, 0.05) is 12.4 Å². The number of amides is 1. The number of pyridine rings is 1. The summed E-state index contributed by atoms with van der Waals surface area (Å²) in [6, 6.07) is 12.5. The number of carboxylic acids is 1. The van der Waals surface area contributed by atoms with Crippen LogP contribution in [0.15, 0.2) is 48.8 Å². The van der Waals surface area contributed by atoms with Crippen LogP contribution >= 0.6 is 0 Å². The fourth-order valence-corrected chi connectivity index (χ4v) is 1.40. The molecular formula is C15H15FmN2O3-. The van der Waals surface area contributed by atoms with Gasteiger partial charge in [0.25, 0.3) is 0 Å². The monoisotopic (exact) mass is 528 g/mol. The van der Waals surface area contributed by atoms with Crippen molar-refractivity contribution in [3.63, 3.8) is 0 Å². The molecule has 2 N–H and O–H groups in total. The summed E-state index contributed by atoms with van der Waals surface area (Å²) in [6.07, 6.45) is 4.85. The van der Waals surface area contributed by atoms with Crippen molar-refractivity contribution < 1.29 is 14.7 Å². The molecule has 0 aliphatic heterocycles. The first kappa shape index (κ1) is 17.3. The first-order chi connectivity index (χ1) is 9.63. The van der Waals surface area contributed by atoms with Gasteiger partial charge in [-0.1, -0.05) is 29.8 Å². The molecule has 1 aromatic carbocycles. The summed E-state index contributed by atoms with van der Waals surface area (Å²) < 4.78 is 0. The van der Waals surface area contributed by atoms with E-state index in [4.69, 9.17) is 5.11 Å². The van der Waals surface area contributed by atoms with E-state index in [1.165, 1.54) is 23.1 Å². The van der Waals surface area contributed by atoms with E-state index >= 15 is 0 Å². The number of hydrogen-bond acceptors (Lipinski definition) is 3. The molecule has 0 fully saturated rings. The van der Waals surface area contributed by atoms with Gasteiger partial charge < -0.3 is 15.2 Å². The number of carbonyl (C=O) groups excluding carboxylic acids is 1. The van der Waals surface area contributed by atoms with Gasteiger partial charge in [0.15, 0.2) is 0 Å². The Morgan fingerprint density at radius 1 is 1.14 bits per heavy atom. The fraction of sp³-hybridized carbons (Fsp3) is 0.133. The Balaban J connectivity index is 0.000000436. The predicted molar refractivity (Wildman–Crippen MR) is 75.7 cm³/mol. The Hall–Kier alpha value is -3.69. The second kappa shape index (κ2) is 9.27. The van der Waals surface area contributed by atoms with Crippen molar-refractivity contribution in [1.82, 2.24) is 10.3 Å². The number of carbonyl (C=O) groups is 1. The zero-order valence-corrected chi connectivity index (χ0v) is 13.7. The second-order valence-electron chi connectivity index (χ2n) is 3.95. The summed E-state index contributed by atoms with van der Waals surface area (Å²) >= 11 is 0. The Morgan fingerprint density at radius 3 is 2.10 bits per heavy atom. The molecule has 21 heavy (non-hydrogen) atoms. The van der Waals surface area contributed by atoms with Gasteiger partial charge in [-0.05, 0) is 30.2 Å². The minimum atomic E-state index is -1.07. The summed E-state index contributed by atoms with van der Waals surface area (Å²) in [5.74, 6) is -1.07. The molecule has 0 unspecified atom stereocenters. The van der Waals surface area contributed by atoms with E-state index < -0.39 is 5.97 Å². The molecule has 1 heterocycles. The maximum Gasteiger partial charge on any atom is 0.320 e. The first-order valence-corrected chi connectivity index (χ1v) is 5.92. The van der Waals surface area contributed by atoms with Crippen molar-refractivity contribution in [2.45, 2.75) is 6.92 Å². The van der Waals surface area contributed by atoms with Gasteiger partial charge in [-0.15, -0.1) is 0 Å². The Bertz CT molecular complexity index is 545. The summed E-state index contributed by atoms with van der Waals surface area (Å²) in [5, 5.41) is 9.65.